The van der Waals surface area contributed by atoms with Gasteiger partial charge in [-0.2, -0.15) is 0 Å². The van der Waals surface area contributed by atoms with Gasteiger partial charge < -0.3 is 19.9 Å². The normalized spacial score (nSPS) is 15.6. The van der Waals surface area contributed by atoms with Crippen molar-refractivity contribution in [2.45, 2.75) is 25.3 Å². The summed E-state index contributed by atoms with van der Waals surface area (Å²) in [4.78, 5) is 20.6. The number of aliphatic imine (C=N–C) groups is 1. The van der Waals surface area contributed by atoms with E-state index in [1.807, 2.05) is 6.92 Å². The van der Waals surface area contributed by atoms with Gasteiger partial charge in [0.1, 0.15) is 0 Å². The molecule has 1 aromatic rings. The van der Waals surface area contributed by atoms with E-state index in [4.69, 9.17) is 4.74 Å². The van der Waals surface area contributed by atoms with E-state index in [1.165, 1.54) is 6.26 Å². The number of nitrogens with one attached hydrogen (secondary N) is 1. The average Bonchev–Trinajstić information content (AvgIpc) is 2.65. The molecule has 150 valence electrons. The summed E-state index contributed by atoms with van der Waals surface area (Å²) in [7, 11) is -3.19. The fourth-order valence-electron chi connectivity index (χ4n) is 2.75. The van der Waals surface area contributed by atoms with E-state index in [-0.39, 0.29) is 6.09 Å². The third-order valence-corrected chi connectivity index (χ3v) is 5.33. The first-order valence-electron chi connectivity index (χ1n) is 9.09. The lowest BCUT2D eigenvalue weighted by Gasteiger charge is -2.35. The molecule has 0 aliphatic carbocycles. The second kappa shape index (κ2) is 9.59. The second-order valence-electron chi connectivity index (χ2n) is 6.26. The lowest BCUT2D eigenvalue weighted by atomic mass is 10.2. The van der Waals surface area contributed by atoms with Crippen molar-refractivity contribution in [2.75, 3.05) is 45.6 Å². The summed E-state index contributed by atoms with van der Waals surface area (Å²) in [6.45, 7) is 7.90. The molecule has 1 saturated heterocycles. The highest BCUT2D eigenvalue weighted by Crippen LogP contribution is 2.11. The Hall–Kier alpha value is -2.29. The Kier molecular flexibility index (Phi) is 7.46. The summed E-state index contributed by atoms with van der Waals surface area (Å²) in [5.74, 6) is 0.785. The van der Waals surface area contributed by atoms with Crippen molar-refractivity contribution in [1.29, 1.82) is 0 Å². The van der Waals surface area contributed by atoms with Crippen LogP contribution in [0.4, 0.5) is 4.79 Å². The molecule has 0 spiro atoms. The standard InChI is InChI=1S/C18H28N4O4S/c1-4-19-17(21-10-12-22(13-11-21)18(23)26-5-2)20-14-15-6-8-16(9-7-15)27(3,24)25/h6-9H,4-5,10-14H2,1-3H3,(H,19,20). The van der Waals surface area contributed by atoms with Crippen molar-refractivity contribution in [1.82, 2.24) is 15.1 Å². The van der Waals surface area contributed by atoms with Crippen LogP contribution < -0.4 is 5.32 Å². The van der Waals surface area contributed by atoms with Gasteiger partial charge in [-0.3, -0.25) is 0 Å². The maximum Gasteiger partial charge on any atom is 0.409 e. The molecule has 9 heteroatoms. The van der Waals surface area contributed by atoms with Gasteiger partial charge in [-0.1, -0.05) is 12.1 Å². The second-order valence-corrected chi connectivity index (χ2v) is 8.28. The third-order valence-electron chi connectivity index (χ3n) is 4.20. The van der Waals surface area contributed by atoms with Gasteiger partial charge in [-0.15, -0.1) is 0 Å². The summed E-state index contributed by atoms with van der Waals surface area (Å²) in [5.41, 5.74) is 0.933. The number of guanidine groups is 1. The van der Waals surface area contributed by atoms with E-state index in [1.54, 1.807) is 36.1 Å². The molecule has 1 N–H and O–H groups in total. The maximum absolute atomic E-state index is 11.8. The summed E-state index contributed by atoms with van der Waals surface area (Å²) >= 11 is 0. The van der Waals surface area contributed by atoms with E-state index in [0.717, 1.165) is 18.1 Å². The molecule has 1 heterocycles. The number of amides is 1. The maximum atomic E-state index is 11.8. The third kappa shape index (κ3) is 6.13. The molecule has 0 saturated carbocycles. The molecule has 27 heavy (non-hydrogen) atoms. The van der Waals surface area contributed by atoms with E-state index < -0.39 is 9.84 Å². The van der Waals surface area contributed by atoms with Crippen molar-refractivity contribution >= 4 is 21.9 Å². The minimum Gasteiger partial charge on any atom is -0.450 e. The zero-order valence-electron chi connectivity index (χ0n) is 16.1. The quantitative estimate of drug-likeness (QED) is 0.596. The fraction of sp³-hybridized carbons (Fsp3) is 0.556. The SMILES string of the molecule is CCNC(=NCc1ccc(S(C)(=O)=O)cc1)N1CCN(C(=O)OCC)CC1. The molecule has 0 bridgehead atoms. The van der Waals surface area contributed by atoms with Gasteiger partial charge in [0, 0.05) is 39.0 Å². The molecular formula is C18H28N4O4S. The minimum atomic E-state index is -3.19. The van der Waals surface area contributed by atoms with Crippen LogP contribution in [0.3, 0.4) is 0 Å². The number of sulfone groups is 1. The summed E-state index contributed by atoms with van der Waals surface area (Å²) in [5, 5.41) is 3.27. The molecule has 0 radical (unpaired) electrons. The first-order chi connectivity index (χ1) is 12.8. The highest BCUT2D eigenvalue weighted by Gasteiger charge is 2.23. The zero-order chi connectivity index (χ0) is 19.9. The van der Waals surface area contributed by atoms with Crippen molar-refractivity contribution in [3.05, 3.63) is 29.8 Å². The Morgan fingerprint density at radius 1 is 1.11 bits per heavy atom. The predicted molar refractivity (Wildman–Crippen MR) is 105 cm³/mol. The van der Waals surface area contributed by atoms with Gasteiger partial charge in [0.15, 0.2) is 15.8 Å². The van der Waals surface area contributed by atoms with Gasteiger partial charge in [0.2, 0.25) is 0 Å². The van der Waals surface area contributed by atoms with E-state index in [9.17, 15) is 13.2 Å². The van der Waals surface area contributed by atoms with Gasteiger partial charge in [0.25, 0.3) is 0 Å². The Bertz CT molecular complexity index is 754. The van der Waals surface area contributed by atoms with Gasteiger partial charge >= 0.3 is 6.09 Å². The summed E-state index contributed by atoms with van der Waals surface area (Å²) in [6, 6.07) is 6.76. The van der Waals surface area contributed by atoms with Crippen LogP contribution >= 0.6 is 0 Å². The summed E-state index contributed by atoms with van der Waals surface area (Å²) in [6.07, 6.45) is 0.921. The largest absolute Gasteiger partial charge is 0.450 e. The Balaban J connectivity index is 1.99. The molecule has 1 amide bonds. The number of carbonyl (C=O) groups excluding carboxylic acids is 1. The molecular weight excluding hydrogens is 368 g/mol. The van der Waals surface area contributed by atoms with Crippen LogP contribution in [0, 0.1) is 0 Å². The Labute approximate surface area is 161 Å². The number of hydrogen-bond acceptors (Lipinski definition) is 5. The lowest BCUT2D eigenvalue weighted by Crippen LogP contribution is -2.53. The molecule has 2 rings (SSSR count). The average molecular weight is 397 g/mol. The molecule has 0 atom stereocenters. The molecule has 1 aliphatic heterocycles. The first-order valence-corrected chi connectivity index (χ1v) is 11.0. The van der Waals surface area contributed by atoms with E-state index >= 15 is 0 Å². The number of nitrogens with zero attached hydrogens (tertiary/aromatic N) is 3. The molecule has 0 unspecified atom stereocenters. The molecule has 8 nitrogen and oxygen atoms in total. The van der Waals surface area contributed by atoms with E-state index in [2.05, 4.69) is 15.2 Å². The van der Waals surface area contributed by atoms with Crippen LogP contribution in [0.5, 0.6) is 0 Å². The monoisotopic (exact) mass is 396 g/mol. The van der Waals surface area contributed by atoms with Crippen molar-refractivity contribution in [3.63, 3.8) is 0 Å². The molecule has 1 aromatic carbocycles. The van der Waals surface area contributed by atoms with Gasteiger partial charge in [0.05, 0.1) is 18.0 Å². The number of rotatable bonds is 5. The van der Waals surface area contributed by atoms with Crippen LogP contribution in [0.25, 0.3) is 0 Å². The van der Waals surface area contributed by atoms with Gasteiger partial charge in [-0.25, -0.2) is 18.2 Å². The minimum absolute atomic E-state index is 0.273. The van der Waals surface area contributed by atoms with Crippen molar-refractivity contribution in [3.8, 4) is 0 Å². The van der Waals surface area contributed by atoms with Crippen molar-refractivity contribution in [2.24, 2.45) is 4.99 Å². The molecule has 1 fully saturated rings. The number of carbonyl (C=O) groups is 1. The predicted octanol–water partition coefficient (Wildman–Crippen LogP) is 1.33. The summed E-state index contributed by atoms with van der Waals surface area (Å²) < 4.78 is 28.1. The first kappa shape index (κ1) is 21.0. The van der Waals surface area contributed by atoms with E-state index in [0.29, 0.717) is 44.2 Å². The number of ether oxygens (including phenoxy) is 1. The van der Waals surface area contributed by atoms with Crippen molar-refractivity contribution < 1.29 is 17.9 Å². The zero-order valence-corrected chi connectivity index (χ0v) is 17.0. The van der Waals surface area contributed by atoms with Gasteiger partial charge in [-0.05, 0) is 31.5 Å². The molecule has 1 aliphatic rings. The van der Waals surface area contributed by atoms with Crippen LogP contribution in [0.1, 0.15) is 19.4 Å². The van der Waals surface area contributed by atoms with Crippen LogP contribution in [-0.2, 0) is 21.1 Å². The number of hydrogen-bond donors (Lipinski definition) is 1. The molecule has 0 aromatic heterocycles. The fourth-order valence-corrected chi connectivity index (χ4v) is 3.38. The number of piperazine rings is 1. The van der Waals surface area contributed by atoms with Crippen LogP contribution in [0.15, 0.2) is 34.2 Å². The smallest absolute Gasteiger partial charge is 0.409 e. The number of benzene rings is 1. The highest BCUT2D eigenvalue weighted by molar-refractivity contribution is 7.90. The lowest BCUT2D eigenvalue weighted by molar-refractivity contribution is 0.0914. The van der Waals surface area contributed by atoms with Crippen LogP contribution in [-0.4, -0.2) is 75.9 Å². The highest BCUT2D eigenvalue weighted by atomic mass is 32.2. The topological polar surface area (TPSA) is 91.3 Å². The van der Waals surface area contributed by atoms with Crippen LogP contribution in [0.2, 0.25) is 0 Å². The Morgan fingerprint density at radius 3 is 2.22 bits per heavy atom. The Morgan fingerprint density at radius 2 is 1.70 bits per heavy atom.